The molecule has 0 aliphatic carbocycles. The molecule has 19 heavy (non-hydrogen) atoms. The van der Waals surface area contributed by atoms with Gasteiger partial charge in [-0.15, -0.1) is 5.01 Å². The number of nitrogens with zero attached hydrogens (tertiary/aromatic N) is 2. The molecular weight excluding hydrogens is 268 g/mol. The van der Waals surface area contributed by atoms with Gasteiger partial charge in [0.1, 0.15) is 18.1 Å². The first-order chi connectivity index (χ1) is 8.77. The lowest BCUT2D eigenvalue weighted by Crippen LogP contribution is -2.84. The Labute approximate surface area is 115 Å². The lowest BCUT2D eigenvalue weighted by atomic mass is 9.89. The molecule has 6 nitrogen and oxygen atoms in total. The SMILES string of the molecule is CCN1C(C)(CCS(=O)(=O)O)C[N+]12CCC[C@H]2CO. The molecule has 2 N–H and O–H groups in total. The molecule has 0 aromatic carbocycles. The van der Waals surface area contributed by atoms with Crippen molar-refractivity contribution in [3.63, 3.8) is 0 Å². The van der Waals surface area contributed by atoms with Gasteiger partial charge in [0.2, 0.25) is 0 Å². The Morgan fingerprint density at radius 2 is 2.16 bits per heavy atom. The Bertz CT molecular complexity index is 441. The molecule has 0 amide bonds. The Morgan fingerprint density at radius 3 is 2.68 bits per heavy atom. The number of hydrogen-bond acceptors (Lipinski definition) is 4. The van der Waals surface area contributed by atoms with Crippen molar-refractivity contribution in [2.75, 3.05) is 32.0 Å². The van der Waals surface area contributed by atoms with Crippen molar-refractivity contribution in [3.8, 4) is 0 Å². The lowest BCUT2D eigenvalue weighted by molar-refractivity contribution is -1.10. The molecule has 0 aromatic heterocycles. The molecule has 7 heteroatoms. The fraction of sp³-hybridized carbons (Fsp3) is 1.00. The minimum absolute atomic E-state index is 0.185. The van der Waals surface area contributed by atoms with Crippen LogP contribution in [0.15, 0.2) is 0 Å². The summed E-state index contributed by atoms with van der Waals surface area (Å²) in [5.41, 5.74) is -0.192. The first-order valence-corrected chi connectivity index (χ1v) is 8.59. The van der Waals surface area contributed by atoms with Crippen LogP contribution in [0.3, 0.4) is 0 Å². The molecular formula is C12H25N2O4S+. The summed E-state index contributed by atoms with van der Waals surface area (Å²) >= 11 is 0. The molecule has 2 heterocycles. The molecule has 3 atom stereocenters. The van der Waals surface area contributed by atoms with E-state index < -0.39 is 10.1 Å². The number of likely N-dealkylation sites (N-methyl/N-ethyl adjacent to an activating group) is 1. The van der Waals surface area contributed by atoms with Crippen LogP contribution in [0.4, 0.5) is 0 Å². The zero-order valence-electron chi connectivity index (χ0n) is 11.7. The van der Waals surface area contributed by atoms with Crippen molar-refractivity contribution in [2.45, 2.75) is 44.7 Å². The van der Waals surface area contributed by atoms with Crippen LogP contribution in [0, 0.1) is 0 Å². The maximum Gasteiger partial charge on any atom is 0.264 e. The third-order valence-corrected chi connectivity index (χ3v) is 5.61. The van der Waals surface area contributed by atoms with Crippen LogP contribution in [-0.4, -0.2) is 71.3 Å². The van der Waals surface area contributed by atoms with E-state index in [0.29, 0.717) is 6.42 Å². The van der Waals surface area contributed by atoms with Gasteiger partial charge in [-0.1, -0.05) is 0 Å². The highest BCUT2D eigenvalue weighted by molar-refractivity contribution is 7.85. The largest absolute Gasteiger partial charge is 0.390 e. The van der Waals surface area contributed by atoms with E-state index in [0.717, 1.165) is 37.1 Å². The molecule has 2 saturated heterocycles. The third-order valence-electron chi connectivity index (χ3n) is 4.89. The van der Waals surface area contributed by atoms with E-state index in [9.17, 15) is 13.5 Å². The molecule has 0 bridgehead atoms. The Kier molecular flexibility index (Phi) is 3.97. The minimum Gasteiger partial charge on any atom is -0.390 e. The van der Waals surface area contributed by atoms with Gasteiger partial charge in [0, 0.05) is 19.4 Å². The van der Waals surface area contributed by atoms with E-state index in [2.05, 4.69) is 18.9 Å². The number of aliphatic hydroxyl groups excluding tert-OH is 1. The summed E-state index contributed by atoms with van der Waals surface area (Å²) in [6, 6.07) is 0.249. The van der Waals surface area contributed by atoms with Crippen LogP contribution in [0.5, 0.6) is 0 Å². The van der Waals surface area contributed by atoms with Crippen molar-refractivity contribution in [1.29, 1.82) is 0 Å². The fourth-order valence-electron chi connectivity index (χ4n) is 4.17. The summed E-state index contributed by atoms with van der Waals surface area (Å²) in [5.74, 6) is -0.191. The van der Waals surface area contributed by atoms with Gasteiger partial charge in [0.15, 0.2) is 0 Å². The fourth-order valence-corrected chi connectivity index (χ4v) is 4.87. The monoisotopic (exact) mass is 293 g/mol. The summed E-state index contributed by atoms with van der Waals surface area (Å²) in [7, 11) is -3.90. The second-order valence-corrected chi connectivity index (χ2v) is 7.67. The second-order valence-electron chi connectivity index (χ2n) is 6.10. The molecule has 2 unspecified atom stereocenters. The van der Waals surface area contributed by atoms with Crippen LogP contribution in [-0.2, 0) is 10.1 Å². The number of rotatable bonds is 5. The highest BCUT2D eigenvalue weighted by atomic mass is 32.2. The van der Waals surface area contributed by atoms with Crippen molar-refractivity contribution in [1.82, 2.24) is 5.01 Å². The normalized spacial score (nSPS) is 39.7. The van der Waals surface area contributed by atoms with E-state index in [4.69, 9.17) is 4.55 Å². The van der Waals surface area contributed by atoms with Crippen LogP contribution >= 0.6 is 0 Å². The zero-order chi connectivity index (χ0) is 14.3. The summed E-state index contributed by atoms with van der Waals surface area (Å²) in [4.78, 5) is 0. The first kappa shape index (κ1) is 15.2. The lowest BCUT2D eigenvalue weighted by Gasteiger charge is -2.64. The first-order valence-electron chi connectivity index (χ1n) is 6.98. The van der Waals surface area contributed by atoms with Gasteiger partial charge in [-0.05, 0) is 20.3 Å². The zero-order valence-corrected chi connectivity index (χ0v) is 12.6. The maximum atomic E-state index is 10.9. The van der Waals surface area contributed by atoms with Crippen molar-refractivity contribution in [2.24, 2.45) is 0 Å². The van der Waals surface area contributed by atoms with Crippen LogP contribution in [0.2, 0.25) is 0 Å². The van der Waals surface area contributed by atoms with Gasteiger partial charge in [0.25, 0.3) is 10.1 Å². The Hall–Kier alpha value is -0.210. The highest BCUT2D eigenvalue weighted by Gasteiger charge is 2.64. The van der Waals surface area contributed by atoms with Crippen molar-refractivity contribution in [3.05, 3.63) is 0 Å². The van der Waals surface area contributed by atoms with Gasteiger partial charge < -0.3 is 5.11 Å². The maximum absolute atomic E-state index is 10.9. The van der Waals surface area contributed by atoms with Crippen molar-refractivity contribution < 1.29 is 22.7 Å². The number of aliphatic hydroxyl groups is 1. The molecule has 0 saturated carbocycles. The summed E-state index contributed by atoms with van der Waals surface area (Å²) < 4.78 is 31.6. The molecule has 2 fully saturated rings. The molecule has 112 valence electrons. The Balaban J connectivity index is 2.10. The average Bonchev–Trinajstić information content (AvgIpc) is 2.70. The molecule has 0 aromatic rings. The van der Waals surface area contributed by atoms with Gasteiger partial charge in [-0.2, -0.15) is 8.42 Å². The summed E-state index contributed by atoms with van der Waals surface area (Å²) in [6.07, 6.45) is 2.58. The Morgan fingerprint density at radius 1 is 1.47 bits per heavy atom. The van der Waals surface area contributed by atoms with Crippen molar-refractivity contribution >= 4 is 10.1 Å². The number of hydrogen-bond donors (Lipinski definition) is 2. The standard InChI is InChI=1S/C12H24N2O4S/c1-3-13-12(2,6-8-19(16,17)18)10-14(13)7-4-5-11(14)9-15/h11,15H,3-10H2,1-2H3/p+1/t11-,12?,14?/m0/s1. The van der Waals surface area contributed by atoms with Gasteiger partial charge in [-0.3, -0.25) is 4.55 Å². The quantitative estimate of drug-likeness (QED) is 0.561. The molecule has 2 rings (SSSR count). The van der Waals surface area contributed by atoms with Crippen LogP contribution in [0.1, 0.15) is 33.1 Å². The van der Waals surface area contributed by atoms with Crippen LogP contribution in [0.25, 0.3) is 0 Å². The van der Waals surface area contributed by atoms with E-state index >= 15 is 0 Å². The number of quaternary nitrogens is 1. The summed E-state index contributed by atoms with van der Waals surface area (Å²) in [5, 5.41) is 11.8. The molecule has 2 aliphatic rings. The van der Waals surface area contributed by atoms with E-state index in [1.165, 1.54) is 0 Å². The second kappa shape index (κ2) is 4.96. The van der Waals surface area contributed by atoms with Gasteiger partial charge in [-0.25, -0.2) is 4.59 Å². The summed E-state index contributed by atoms with van der Waals surface area (Å²) in [6.45, 7) is 7.03. The third kappa shape index (κ3) is 2.54. The molecule has 0 radical (unpaired) electrons. The molecule has 2 aliphatic heterocycles. The average molecular weight is 293 g/mol. The predicted molar refractivity (Wildman–Crippen MR) is 71.9 cm³/mol. The highest BCUT2D eigenvalue weighted by Crippen LogP contribution is 2.46. The smallest absolute Gasteiger partial charge is 0.264 e. The molecule has 1 spiro atoms. The minimum atomic E-state index is -3.90. The van der Waals surface area contributed by atoms with E-state index in [1.54, 1.807) is 0 Å². The van der Waals surface area contributed by atoms with Gasteiger partial charge >= 0.3 is 0 Å². The van der Waals surface area contributed by atoms with Crippen LogP contribution < -0.4 is 0 Å². The topological polar surface area (TPSA) is 77.8 Å². The van der Waals surface area contributed by atoms with Gasteiger partial charge in [0.05, 0.1) is 18.9 Å². The van der Waals surface area contributed by atoms with E-state index in [1.807, 2.05) is 0 Å². The predicted octanol–water partition coefficient (Wildman–Crippen LogP) is 0.245. The van der Waals surface area contributed by atoms with E-state index in [-0.39, 0.29) is 23.9 Å².